The van der Waals surface area contributed by atoms with Gasteiger partial charge in [-0.05, 0) is 54.4 Å². The maximum Gasteiger partial charge on any atom is 0.278 e. The van der Waals surface area contributed by atoms with E-state index >= 15 is 0 Å². The average Bonchev–Trinajstić information content (AvgIpc) is 3.18. The molecule has 2 atom stereocenters. The maximum atomic E-state index is 13.8. The van der Waals surface area contributed by atoms with Crippen LogP contribution in [0.5, 0.6) is 5.88 Å². The lowest BCUT2D eigenvalue weighted by Crippen LogP contribution is -2.62. The Balaban J connectivity index is 1.74. The minimum Gasteiger partial charge on any atom is -0.474 e. The van der Waals surface area contributed by atoms with Gasteiger partial charge >= 0.3 is 0 Å². The van der Waals surface area contributed by atoms with Crippen molar-refractivity contribution in [1.82, 2.24) is 15.0 Å². The number of benzene rings is 2. The van der Waals surface area contributed by atoms with E-state index in [1.807, 2.05) is 24.3 Å². The van der Waals surface area contributed by atoms with Gasteiger partial charge in [-0.1, -0.05) is 53.5 Å². The first-order chi connectivity index (χ1) is 18.3. The molecule has 0 aliphatic carbocycles. The SMILES string of the molecule is CON1C(=O)c2cccc(-c3ccc(Cl)cc3)c2[C@]1(Cc1ccc(Cl)cn1)C(C)(O)COc1ccccn1. The van der Waals surface area contributed by atoms with Crippen LogP contribution in [0, 0.1) is 0 Å². The van der Waals surface area contributed by atoms with Crippen molar-refractivity contribution in [2.45, 2.75) is 24.5 Å². The van der Waals surface area contributed by atoms with Crippen LogP contribution in [-0.4, -0.2) is 45.4 Å². The Kier molecular flexibility index (Phi) is 7.11. The molecule has 1 amide bonds. The molecule has 5 rings (SSSR count). The number of amides is 1. The number of ether oxygens (including phenoxy) is 1. The Labute approximate surface area is 230 Å². The summed E-state index contributed by atoms with van der Waals surface area (Å²) in [6.07, 6.45) is 3.25. The lowest BCUT2D eigenvalue weighted by atomic mass is 9.71. The quantitative estimate of drug-likeness (QED) is 0.302. The number of aliphatic hydroxyl groups is 1. The Hall–Kier alpha value is -3.49. The third-order valence-electron chi connectivity index (χ3n) is 6.83. The number of hydrogen-bond donors (Lipinski definition) is 1. The first-order valence-electron chi connectivity index (χ1n) is 11.9. The zero-order valence-corrected chi connectivity index (χ0v) is 22.3. The molecule has 9 heteroatoms. The minimum atomic E-state index is -1.69. The van der Waals surface area contributed by atoms with E-state index in [9.17, 15) is 9.90 Å². The van der Waals surface area contributed by atoms with Gasteiger partial charge in [0.25, 0.3) is 5.91 Å². The van der Waals surface area contributed by atoms with Gasteiger partial charge in [-0.3, -0.25) is 14.6 Å². The monoisotopic (exact) mass is 549 g/mol. The lowest BCUT2D eigenvalue weighted by Gasteiger charge is -2.47. The first-order valence-corrected chi connectivity index (χ1v) is 12.7. The summed E-state index contributed by atoms with van der Waals surface area (Å²) in [5.41, 5.74) is 0.0461. The Bertz CT molecular complexity index is 1450. The van der Waals surface area contributed by atoms with Gasteiger partial charge in [0.15, 0.2) is 0 Å². The molecule has 4 aromatic rings. The summed E-state index contributed by atoms with van der Waals surface area (Å²) in [6, 6.07) is 21.5. The van der Waals surface area contributed by atoms with Gasteiger partial charge < -0.3 is 9.84 Å². The second-order valence-corrected chi connectivity index (χ2v) is 10.1. The molecule has 2 aromatic heterocycles. The first kappa shape index (κ1) is 26.1. The van der Waals surface area contributed by atoms with Crippen LogP contribution >= 0.6 is 23.2 Å². The summed E-state index contributed by atoms with van der Waals surface area (Å²) in [7, 11) is 1.41. The molecule has 1 unspecified atom stereocenters. The van der Waals surface area contributed by atoms with Crippen LogP contribution in [0.25, 0.3) is 11.1 Å². The number of hydrogen-bond acceptors (Lipinski definition) is 6. The highest BCUT2D eigenvalue weighted by molar-refractivity contribution is 6.30. The summed E-state index contributed by atoms with van der Waals surface area (Å²) < 4.78 is 5.96. The molecule has 0 bridgehead atoms. The largest absolute Gasteiger partial charge is 0.474 e. The van der Waals surface area contributed by atoms with E-state index < -0.39 is 11.1 Å². The number of halogens is 2. The highest BCUT2D eigenvalue weighted by atomic mass is 35.5. The number of fused-ring (bicyclic) bond motifs is 1. The van der Waals surface area contributed by atoms with E-state index in [0.717, 1.165) is 11.1 Å². The van der Waals surface area contributed by atoms with Crippen molar-refractivity contribution in [3.05, 3.63) is 112 Å². The molecule has 0 fully saturated rings. The molecule has 0 saturated carbocycles. The smallest absolute Gasteiger partial charge is 0.278 e. The van der Waals surface area contributed by atoms with E-state index in [0.29, 0.717) is 32.7 Å². The number of hydroxylamine groups is 2. The summed E-state index contributed by atoms with van der Waals surface area (Å²) in [5.74, 6) is -0.0440. The molecule has 2 aromatic carbocycles. The van der Waals surface area contributed by atoms with Crippen LogP contribution in [0.2, 0.25) is 10.0 Å². The third kappa shape index (κ3) is 4.52. The number of rotatable bonds is 8. The fraction of sp³-hybridized carbons (Fsp3) is 0.207. The zero-order valence-electron chi connectivity index (χ0n) is 20.8. The Morgan fingerprint density at radius 3 is 2.34 bits per heavy atom. The topological polar surface area (TPSA) is 84.8 Å². The number of carbonyl (C=O) groups is 1. The van der Waals surface area contributed by atoms with Crippen LogP contribution in [0.3, 0.4) is 0 Å². The molecule has 3 heterocycles. The van der Waals surface area contributed by atoms with Gasteiger partial charge in [-0.2, -0.15) is 0 Å². The Morgan fingerprint density at radius 1 is 0.947 bits per heavy atom. The van der Waals surface area contributed by atoms with Crippen LogP contribution in [-0.2, 0) is 16.8 Å². The molecular formula is C29H25Cl2N3O4. The molecule has 0 spiro atoms. The lowest BCUT2D eigenvalue weighted by molar-refractivity contribution is -0.227. The van der Waals surface area contributed by atoms with Gasteiger partial charge in [0.05, 0.1) is 12.1 Å². The van der Waals surface area contributed by atoms with E-state index in [1.165, 1.54) is 18.4 Å². The summed E-state index contributed by atoms with van der Waals surface area (Å²) in [6.45, 7) is 1.43. The van der Waals surface area contributed by atoms with E-state index in [1.54, 1.807) is 61.7 Å². The number of nitrogens with zero attached hydrogens (tertiary/aromatic N) is 3. The van der Waals surface area contributed by atoms with Crippen LogP contribution < -0.4 is 4.74 Å². The van der Waals surface area contributed by atoms with Crippen molar-refractivity contribution in [3.63, 3.8) is 0 Å². The predicted octanol–water partition coefficient (Wildman–Crippen LogP) is 5.74. The van der Waals surface area contributed by atoms with Gasteiger partial charge in [0.1, 0.15) is 17.7 Å². The van der Waals surface area contributed by atoms with Gasteiger partial charge in [-0.15, -0.1) is 0 Å². The second-order valence-electron chi connectivity index (χ2n) is 9.25. The molecule has 1 N–H and O–H groups in total. The highest BCUT2D eigenvalue weighted by Gasteiger charge is 2.62. The van der Waals surface area contributed by atoms with E-state index in [2.05, 4.69) is 9.97 Å². The summed E-state index contributed by atoms with van der Waals surface area (Å²) in [5, 5.41) is 14.6. The minimum absolute atomic E-state index is 0.111. The molecule has 1 aliphatic heterocycles. The van der Waals surface area contributed by atoms with Crippen molar-refractivity contribution >= 4 is 29.1 Å². The second kappa shape index (κ2) is 10.3. The van der Waals surface area contributed by atoms with Crippen LogP contribution in [0.1, 0.15) is 28.5 Å². The normalized spacial score (nSPS) is 18.2. The van der Waals surface area contributed by atoms with Crippen molar-refractivity contribution < 1.29 is 19.5 Å². The molecule has 194 valence electrons. The average molecular weight is 550 g/mol. The fourth-order valence-corrected chi connectivity index (χ4v) is 5.29. The van der Waals surface area contributed by atoms with Gasteiger partial charge in [0.2, 0.25) is 5.88 Å². The molecule has 1 aliphatic rings. The van der Waals surface area contributed by atoms with Crippen molar-refractivity contribution in [3.8, 4) is 17.0 Å². The van der Waals surface area contributed by atoms with Crippen molar-refractivity contribution in [1.29, 1.82) is 0 Å². The molecule has 7 nitrogen and oxygen atoms in total. The summed E-state index contributed by atoms with van der Waals surface area (Å²) >= 11 is 12.3. The van der Waals surface area contributed by atoms with E-state index in [4.69, 9.17) is 32.8 Å². The molecular weight excluding hydrogens is 525 g/mol. The molecule has 0 radical (unpaired) electrons. The van der Waals surface area contributed by atoms with Gasteiger partial charge in [0, 0.05) is 46.7 Å². The molecule has 0 saturated heterocycles. The number of aromatic nitrogens is 2. The fourth-order valence-electron chi connectivity index (χ4n) is 5.05. The van der Waals surface area contributed by atoms with Crippen LogP contribution in [0.15, 0.2) is 85.2 Å². The van der Waals surface area contributed by atoms with E-state index in [-0.39, 0.29) is 18.9 Å². The summed E-state index contributed by atoms with van der Waals surface area (Å²) in [4.78, 5) is 28.3. The van der Waals surface area contributed by atoms with Crippen molar-refractivity contribution in [2.75, 3.05) is 13.7 Å². The predicted molar refractivity (Wildman–Crippen MR) is 145 cm³/mol. The van der Waals surface area contributed by atoms with Crippen molar-refractivity contribution in [2.24, 2.45) is 0 Å². The highest BCUT2D eigenvalue weighted by Crippen LogP contribution is 2.52. The Morgan fingerprint density at radius 2 is 1.68 bits per heavy atom. The third-order valence-corrected chi connectivity index (χ3v) is 7.31. The number of pyridine rings is 2. The maximum absolute atomic E-state index is 13.8. The van der Waals surface area contributed by atoms with Crippen LogP contribution in [0.4, 0.5) is 0 Å². The molecule has 38 heavy (non-hydrogen) atoms. The zero-order chi connectivity index (χ0) is 26.9. The number of carbonyl (C=O) groups excluding carboxylic acids is 1. The standard InChI is InChI=1S/C29H25Cl2N3O4/c1-28(36,18-38-25-8-3-4-15-32-25)29(16-22-14-13-21(31)17-33-22)26-23(19-9-11-20(30)12-10-19)6-5-7-24(26)27(35)34(29)37-2/h3-15,17,36H,16,18H2,1-2H3/t28?,29-/m1/s1. The van der Waals surface area contributed by atoms with Gasteiger partial charge in [-0.25, -0.2) is 10.0 Å².